The van der Waals surface area contributed by atoms with Gasteiger partial charge in [0, 0.05) is 48.6 Å². The van der Waals surface area contributed by atoms with E-state index in [2.05, 4.69) is 22.1 Å². The average molecular weight is 1160 g/mol. The van der Waals surface area contributed by atoms with Crippen molar-refractivity contribution in [3.63, 3.8) is 0 Å². The third-order valence-electron chi connectivity index (χ3n) is 9.61. The van der Waals surface area contributed by atoms with Crippen molar-refractivity contribution in [2.45, 2.75) is 18.5 Å². The maximum Gasteiger partial charge on any atom is 3.00 e. The number of nitrogens with zero attached hydrogens (tertiary/aromatic N) is 2. The van der Waals surface area contributed by atoms with Crippen molar-refractivity contribution < 1.29 is 124 Å². The van der Waals surface area contributed by atoms with Crippen molar-refractivity contribution in [1.29, 1.82) is 0 Å². The van der Waals surface area contributed by atoms with E-state index in [1.807, 2.05) is 60.7 Å². The van der Waals surface area contributed by atoms with Gasteiger partial charge in [-0.25, -0.2) is 0 Å². The van der Waals surface area contributed by atoms with Crippen LogP contribution in [0.5, 0.6) is 0 Å². The molecule has 0 unspecified atom stereocenters. The molecule has 0 bridgehead atoms. The maximum atomic E-state index is 12.0. The fourth-order valence-electron chi connectivity index (χ4n) is 6.02. The maximum absolute atomic E-state index is 12.0. The molecule has 2 heterocycles. The normalized spacial score (nSPS) is 11.9. The molecule has 8 rings (SSSR count). The van der Waals surface area contributed by atoms with E-state index in [1.165, 1.54) is 36.4 Å². The van der Waals surface area contributed by atoms with Crippen LogP contribution in [0.25, 0.3) is 44.5 Å². The predicted molar refractivity (Wildman–Crippen MR) is 253 cm³/mol. The second-order valence-electron chi connectivity index (χ2n) is 14.7. The number of aromatic nitrogens is 2. The van der Waals surface area contributed by atoms with E-state index in [0.29, 0.717) is 0 Å². The van der Waals surface area contributed by atoms with Crippen LogP contribution >= 0.6 is 0 Å². The Morgan fingerprint density at radius 1 is 0.392 bits per heavy atom. The van der Waals surface area contributed by atoms with Gasteiger partial charge in [-0.15, -0.1) is 0 Å². The van der Waals surface area contributed by atoms with Gasteiger partial charge in [0.05, 0.1) is 0 Å². The van der Waals surface area contributed by atoms with Crippen LogP contribution in [-0.2, 0) is 0 Å². The standard InChI is InChI=1S/3C14H9F3O2.C12H10N2.CH4O.Eu/c3*15-14(16,17)13(19)8-12(18)11-6-5-9-3-1-2-4-10(9)7-11;1(11-3-7-13-8-4-11)2-12-5-9-14-10-6-12;1-2;/h3*1-8,19H;1-10H;2H,1H3;/q;;;;;+3/p-3/b3*13-8-;2-1+;;. The molecule has 2 aromatic heterocycles. The van der Waals surface area contributed by atoms with Gasteiger partial charge in [0.25, 0.3) is 0 Å². The molecule has 1 N–H and O–H groups in total. The van der Waals surface area contributed by atoms with E-state index in [9.17, 15) is 69.2 Å². The Kier molecular flexibility index (Phi) is 23.7. The summed E-state index contributed by atoms with van der Waals surface area (Å²) in [5, 5.41) is 43.9. The van der Waals surface area contributed by atoms with Gasteiger partial charge in [-0.3, -0.25) is 24.4 Å². The summed E-state index contributed by atoms with van der Waals surface area (Å²) in [6.07, 6.45) is -3.60. The summed E-state index contributed by atoms with van der Waals surface area (Å²) < 4.78 is 108. The molecule has 74 heavy (non-hydrogen) atoms. The average Bonchev–Trinajstić information content (AvgIpc) is 3.38. The van der Waals surface area contributed by atoms with Crippen molar-refractivity contribution in [3.8, 4) is 0 Å². The summed E-state index contributed by atoms with van der Waals surface area (Å²) in [6.45, 7) is 0. The van der Waals surface area contributed by atoms with Crippen molar-refractivity contribution in [2.24, 2.45) is 0 Å². The quantitative estimate of drug-likeness (QED) is 0.0674. The first kappa shape index (κ1) is 61.0. The van der Waals surface area contributed by atoms with Gasteiger partial charge in [-0.05, 0) is 121 Å². The monoisotopic (exact) mass is 1160 g/mol. The van der Waals surface area contributed by atoms with Gasteiger partial charge in [0.1, 0.15) is 0 Å². The molecule has 0 fully saturated rings. The smallest absolute Gasteiger partial charge is 0.869 e. The predicted octanol–water partition coefficient (Wildman–Crippen LogP) is 10.7. The van der Waals surface area contributed by atoms with Crippen LogP contribution in [0.15, 0.2) is 212 Å². The van der Waals surface area contributed by atoms with Gasteiger partial charge in [0.15, 0.2) is 17.3 Å². The van der Waals surface area contributed by atoms with Crippen molar-refractivity contribution in [2.75, 3.05) is 7.11 Å². The second kappa shape index (κ2) is 28.8. The van der Waals surface area contributed by atoms with Crippen molar-refractivity contribution >= 4 is 61.8 Å². The van der Waals surface area contributed by atoms with E-state index in [4.69, 9.17) is 5.11 Å². The molecule has 0 atom stereocenters. The zero-order valence-electron chi connectivity index (χ0n) is 38.2. The summed E-state index contributed by atoms with van der Waals surface area (Å²) in [5.41, 5.74) is 2.46. The van der Waals surface area contributed by atoms with Crippen LogP contribution in [0.2, 0.25) is 0 Å². The van der Waals surface area contributed by atoms with E-state index in [1.54, 1.807) is 79.4 Å². The van der Waals surface area contributed by atoms with Crippen LogP contribution in [0.3, 0.4) is 0 Å². The van der Waals surface area contributed by atoms with Crippen LogP contribution < -0.4 is 15.3 Å². The van der Waals surface area contributed by atoms with Gasteiger partial charge < -0.3 is 20.4 Å². The Morgan fingerprint density at radius 3 is 0.851 bits per heavy atom. The molecule has 19 heteroatoms. The third kappa shape index (κ3) is 19.6. The topological polar surface area (TPSA) is 166 Å². The van der Waals surface area contributed by atoms with E-state index >= 15 is 0 Å². The number of hydrogen-bond acceptors (Lipinski definition) is 9. The summed E-state index contributed by atoms with van der Waals surface area (Å²) >= 11 is 0. The molecule has 0 amide bonds. The Hall–Kier alpha value is -7.32. The number of alkyl halides is 9. The zero-order chi connectivity index (χ0) is 53.8. The number of halogens is 9. The fourth-order valence-corrected chi connectivity index (χ4v) is 6.02. The first-order valence-corrected chi connectivity index (χ1v) is 21.0. The van der Waals surface area contributed by atoms with Crippen molar-refractivity contribution in [3.05, 3.63) is 240 Å². The molecule has 0 saturated carbocycles. The Morgan fingerprint density at radius 2 is 0.622 bits per heavy atom. The number of aliphatic hydroxyl groups excluding tert-OH is 1. The third-order valence-corrected chi connectivity index (χ3v) is 9.61. The molecule has 0 saturated heterocycles. The Labute approximate surface area is 457 Å². The number of hydrogen-bond donors (Lipinski definition) is 1. The number of rotatable bonds is 8. The van der Waals surface area contributed by atoms with Crippen LogP contribution in [0.4, 0.5) is 39.5 Å². The number of fused-ring (bicyclic) bond motifs is 3. The molecule has 0 aliphatic heterocycles. The molecule has 8 aromatic rings. The number of allylic oxidation sites excluding steroid dienone is 6. The number of aliphatic hydroxyl groups is 1. The molecule has 0 aliphatic rings. The summed E-state index contributed by atoms with van der Waals surface area (Å²) in [6, 6.07) is 42.6. The van der Waals surface area contributed by atoms with Crippen LogP contribution in [0.1, 0.15) is 42.2 Å². The first-order chi connectivity index (χ1) is 34.6. The van der Waals surface area contributed by atoms with Gasteiger partial charge in [0.2, 0.25) is 0 Å². The van der Waals surface area contributed by atoms with Gasteiger partial charge in [-0.1, -0.05) is 121 Å². The Balaban J connectivity index is 0.000000257. The van der Waals surface area contributed by atoms with Crippen LogP contribution in [-0.4, -0.2) is 58.1 Å². The van der Waals surface area contributed by atoms with E-state index in [-0.39, 0.29) is 84.3 Å². The number of carbonyl (C=O) groups excluding carboxylic acids is 3. The SMILES string of the molecule is C(=C\c1ccncc1)/c1ccncc1.CO.O=C(/C=C(\[O-])C(F)(F)F)c1ccc2ccccc2c1.O=C(/C=C(\[O-])C(F)(F)F)c1ccc2ccccc2c1.O=C(/C=C(\[O-])C(F)(F)F)c1ccc2ccccc2c1.[Eu+3]. The second-order valence-corrected chi connectivity index (χ2v) is 14.7. The minimum absolute atomic E-state index is 0. The zero-order valence-corrected chi connectivity index (χ0v) is 40.6. The largest absolute Gasteiger partial charge is 3.00 e. The number of ketones is 3. The van der Waals surface area contributed by atoms with E-state index < -0.39 is 53.2 Å². The number of carbonyl (C=O) groups is 3. The first-order valence-electron chi connectivity index (χ1n) is 21.0. The number of benzene rings is 6. The number of pyridine rings is 2. The van der Waals surface area contributed by atoms with E-state index in [0.717, 1.165) is 50.6 Å². The molecule has 0 aliphatic carbocycles. The molecular weight excluding hydrogens is 1120 g/mol. The minimum atomic E-state index is -5.02. The minimum Gasteiger partial charge on any atom is -0.869 e. The fraction of sp³-hybridized carbons (Fsp3) is 0.0727. The molecule has 6 aromatic carbocycles. The molecule has 0 spiro atoms. The van der Waals surface area contributed by atoms with Crippen molar-refractivity contribution in [1.82, 2.24) is 9.97 Å². The Bertz CT molecular complexity index is 2950. The van der Waals surface area contributed by atoms with Gasteiger partial charge >= 0.3 is 67.9 Å². The molecular formula is C55H38EuF9N2O7. The molecule has 9 nitrogen and oxygen atoms in total. The molecule has 380 valence electrons. The summed E-state index contributed by atoms with van der Waals surface area (Å²) in [4.78, 5) is 42.6. The van der Waals surface area contributed by atoms with Crippen LogP contribution in [0, 0.1) is 49.4 Å². The molecule has 0 radical (unpaired) electrons. The summed E-state index contributed by atoms with van der Waals surface area (Å²) in [5.74, 6) is -9.30. The summed E-state index contributed by atoms with van der Waals surface area (Å²) in [7, 11) is 1.00. The van der Waals surface area contributed by atoms with Gasteiger partial charge in [-0.2, -0.15) is 39.5 Å².